The largest absolute Gasteiger partial charge is 0.393 e. The standard InChI is InChI=1S/C12H14FN3OS/c1-8(17)2-4-14-12-15-6-10(13)11(16-12)9-3-5-18-7-9/h3,5-8,17H,2,4H2,1H3,(H,14,15,16)/t8-/m1/s1. The Morgan fingerprint density at radius 2 is 2.39 bits per heavy atom. The van der Waals surface area contributed by atoms with Crippen LogP contribution in [0.5, 0.6) is 0 Å². The van der Waals surface area contributed by atoms with Crippen molar-refractivity contribution in [1.29, 1.82) is 0 Å². The van der Waals surface area contributed by atoms with Crippen molar-refractivity contribution in [3.63, 3.8) is 0 Å². The first kappa shape index (κ1) is 12.9. The first-order valence-electron chi connectivity index (χ1n) is 5.64. The molecule has 4 nitrogen and oxygen atoms in total. The third-order valence-electron chi connectivity index (χ3n) is 2.38. The van der Waals surface area contributed by atoms with E-state index in [9.17, 15) is 4.39 Å². The molecule has 2 aromatic heterocycles. The lowest BCUT2D eigenvalue weighted by Crippen LogP contribution is -2.12. The maximum atomic E-state index is 13.6. The predicted molar refractivity (Wildman–Crippen MR) is 70.1 cm³/mol. The van der Waals surface area contributed by atoms with E-state index in [0.29, 0.717) is 24.6 Å². The van der Waals surface area contributed by atoms with Gasteiger partial charge in [0, 0.05) is 17.5 Å². The maximum absolute atomic E-state index is 13.6. The second kappa shape index (κ2) is 5.88. The van der Waals surface area contributed by atoms with E-state index >= 15 is 0 Å². The number of hydrogen-bond acceptors (Lipinski definition) is 5. The molecule has 2 heterocycles. The Balaban J connectivity index is 2.12. The quantitative estimate of drug-likeness (QED) is 0.874. The van der Waals surface area contributed by atoms with Crippen molar-refractivity contribution >= 4 is 17.3 Å². The molecule has 0 aliphatic carbocycles. The molecule has 1 atom stereocenters. The second-order valence-electron chi connectivity index (χ2n) is 3.97. The van der Waals surface area contributed by atoms with E-state index in [1.807, 2.05) is 16.8 Å². The topological polar surface area (TPSA) is 58.0 Å². The van der Waals surface area contributed by atoms with Crippen LogP contribution in [0.4, 0.5) is 10.3 Å². The van der Waals surface area contributed by atoms with Gasteiger partial charge in [0.2, 0.25) is 5.95 Å². The normalized spacial score (nSPS) is 12.4. The molecule has 0 spiro atoms. The van der Waals surface area contributed by atoms with Crippen molar-refractivity contribution in [2.45, 2.75) is 19.4 Å². The Labute approximate surface area is 109 Å². The van der Waals surface area contributed by atoms with Gasteiger partial charge in [-0.15, -0.1) is 0 Å². The molecule has 2 aromatic rings. The minimum atomic E-state index is -0.436. The fraction of sp³-hybridized carbons (Fsp3) is 0.333. The molecule has 0 saturated carbocycles. The van der Waals surface area contributed by atoms with Crippen LogP contribution in [0.1, 0.15) is 13.3 Å². The molecule has 0 unspecified atom stereocenters. The second-order valence-corrected chi connectivity index (χ2v) is 4.75. The highest BCUT2D eigenvalue weighted by Crippen LogP contribution is 2.23. The van der Waals surface area contributed by atoms with Crippen LogP contribution in [-0.2, 0) is 0 Å². The van der Waals surface area contributed by atoms with Gasteiger partial charge < -0.3 is 10.4 Å². The first-order chi connectivity index (χ1) is 8.66. The van der Waals surface area contributed by atoms with E-state index in [1.54, 1.807) is 6.92 Å². The highest BCUT2D eigenvalue weighted by atomic mass is 32.1. The Kier molecular flexibility index (Phi) is 4.22. The van der Waals surface area contributed by atoms with Crippen LogP contribution in [0.15, 0.2) is 23.0 Å². The van der Waals surface area contributed by atoms with Gasteiger partial charge in [0.1, 0.15) is 5.69 Å². The third-order valence-corrected chi connectivity index (χ3v) is 3.07. The molecule has 6 heteroatoms. The molecule has 2 N–H and O–H groups in total. The summed E-state index contributed by atoms with van der Waals surface area (Å²) in [5.41, 5.74) is 1.05. The average Bonchev–Trinajstić information content (AvgIpc) is 2.84. The molecule has 0 radical (unpaired) electrons. The lowest BCUT2D eigenvalue weighted by atomic mass is 10.2. The smallest absolute Gasteiger partial charge is 0.223 e. The number of nitrogens with zero attached hydrogens (tertiary/aromatic N) is 2. The molecule has 0 aliphatic heterocycles. The summed E-state index contributed by atoms with van der Waals surface area (Å²) < 4.78 is 13.6. The van der Waals surface area contributed by atoms with Crippen LogP contribution in [0.25, 0.3) is 11.3 Å². The number of anilines is 1. The third kappa shape index (κ3) is 3.24. The number of rotatable bonds is 5. The van der Waals surface area contributed by atoms with Crippen LogP contribution < -0.4 is 5.32 Å². The molecular weight excluding hydrogens is 253 g/mol. The summed E-state index contributed by atoms with van der Waals surface area (Å²) in [6.45, 7) is 2.26. The Morgan fingerprint density at radius 1 is 1.56 bits per heavy atom. The summed E-state index contributed by atoms with van der Waals surface area (Å²) in [4.78, 5) is 8.01. The van der Waals surface area contributed by atoms with E-state index < -0.39 is 5.82 Å². The SMILES string of the molecule is C[C@@H](O)CCNc1ncc(F)c(-c2ccsc2)n1. The number of aliphatic hydroxyl groups is 1. The molecule has 0 fully saturated rings. The molecule has 18 heavy (non-hydrogen) atoms. The monoisotopic (exact) mass is 267 g/mol. The van der Waals surface area contributed by atoms with Gasteiger partial charge in [-0.25, -0.2) is 14.4 Å². The minimum absolute atomic E-state index is 0.297. The van der Waals surface area contributed by atoms with E-state index in [2.05, 4.69) is 15.3 Å². The fourth-order valence-corrected chi connectivity index (χ4v) is 2.09. The van der Waals surface area contributed by atoms with Crippen molar-refractivity contribution in [3.05, 3.63) is 28.8 Å². The van der Waals surface area contributed by atoms with Crippen LogP contribution in [-0.4, -0.2) is 27.7 Å². The lowest BCUT2D eigenvalue weighted by molar-refractivity contribution is 0.188. The molecule has 2 rings (SSSR count). The molecule has 0 aromatic carbocycles. The van der Waals surface area contributed by atoms with Gasteiger partial charge >= 0.3 is 0 Å². The highest BCUT2D eigenvalue weighted by Gasteiger charge is 2.09. The number of halogens is 1. The lowest BCUT2D eigenvalue weighted by Gasteiger charge is -2.07. The molecule has 96 valence electrons. The number of thiophene rings is 1. The zero-order valence-electron chi connectivity index (χ0n) is 9.93. The van der Waals surface area contributed by atoms with Gasteiger partial charge in [-0.1, -0.05) is 0 Å². The highest BCUT2D eigenvalue weighted by molar-refractivity contribution is 7.08. The summed E-state index contributed by atoms with van der Waals surface area (Å²) in [5.74, 6) is -0.0623. The minimum Gasteiger partial charge on any atom is -0.393 e. The molecule has 0 bridgehead atoms. The summed E-state index contributed by atoms with van der Waals surface area (Å²) >= 11 is 1.49. The van der Waals surface area contributed by atoms with Gasteiger partial charge in [-0.3, -0.25) is 0 Å². The van der Waals surface area contributed by atoms with Crippen LogP contribution in [0.2, 0.25) is 0 Å². The number of hydrogen-bond donors (Lipinski definition) is 2. The number of nitrogens with one attached hydrogen (secondary N) is 1. The van der Waals surface area contributed by atoms with Crippen molar-refractivity contribution in [3.8, 4) is 11.3 Å². The zero-order chi connectivity index (χ0) is 13.0. The Morgan fingerprint density at radius 3 is 3.06 bits per heavy atom. The molecule has 0 amide bonds. The van der Waals surface area contributed by atoms with Gasteiger partial charge in [-0.05, 0) is 24.8 Å². The summed E-state index contributed by atoms with van der Waals surface area (Å²) in [6, 6.07) is 1.82. The molecule has 0 saturated heterocycles. The van der Waals surface area contributed by atoms with Crippen LogP contribution in [0.3, 0.4) is 0 Å². The van der Waals surface area contributed by atoms with Crippen molar-refractivity contribution in [2.24, 2.45) is 0 Å². The van der Waals surface area contributed by atoms with Gasteiger partial charge in [0.25, 0.3) is 0 Å². The maximum Gasteiger partial charge on any atom is 0.223 e. The Bertz CT molecular complexity index is 502. The van der Waals surface area contributed by atoms with Crippen LogP contribution >= 0.6 is 11.3 Å². The first-order valence-corrected chi connectivity index (χ1v) is 6.58. The van der Waals surface area contributed by atoms with Gasteiger partial charge in [-0.2, -0.15) is 11.3 Å². The molecular formula is C12H14FN3OS. The van der Waals surface area contributed by atoms with Crippen molar-refractivity contribution in [2.75, 3.05) is 11.9 Å². The summed E-state index contributed by atoms with van der Waals surface area (Å²) in [6.07, 6.45) is 1.37. The van der Waals surface area contributed by atoms with E-state index in [1.165, 1.54) is 11.3 Å². The van der Waals surface area contributed by atoms with Crippen molar-refractivity contribution in [1.82, 2.24) is 9.97 Å². The van der Waals surface area contributed by atoms with Crippen molar-refractivity contribution < 1.29 is 9.50 Å². The zero-order valence-corrected chi connectivity index (χ0v) is 10.7. The van der Waals surface area contributed by atoms with Crippen LogP contribution in [0, 0.1) is 5.82 Å². The van der Waals surface area contributed by atoms with Gasteiger partial charge in [0.05, 0.1) is 12.3 Å². The fourth-order valence-electron chi connectivity index (χ4n) is 1.45. The number of aromatic nitrogens is 2. The average molecular weight is 267 g/mol. The predicted octanol–water partition coefficient (Wildman–Crippen LogP) is 2.53. The summed E-state index contributed by atoms with van der Waals surface area (Å²) in [7, 11) is 0. The molecule has 0 aliphatic rings. The number of aliphatic hydroxyl groups excluding tert-OH is 1. The Hall–Kier alpha value is -1.53. The van der Waals surface area contributed by atoms with E-state index in [4.69, 9.17) is 5.11 Å². The van der Waals surface area contributed by atoms with Gasteiger partial charge in [0.15, 0.2) is 5.82 Å². The van der Waals surface area contributed by atoms with E-state index in [0.717, 1.165) is 11.8 Å². The van der Waals surface area contributed by atoms with E-state index in [-0.39, 0.29) is 6.10 Å². The summed E-state index contributed by atoms with van der Waals surface area (Å²) in [5, 5.41) is 15.8.